The molecule has 0 N–H and O–H groups in total. The summed E-state index contributed by atoms with van der Waals surface area (Å²) in [4.78, 5) is 23.4. The van der Waals surface area contributed by atoms with E-state index in [4.69, 9.17) is 0 Å². The Morgan fingerprint density at radius 1 is 1.60 bits per heavy atom. The molecule has 1 heterocycles. The summed E-state index contributed by atoms with van der Waals surface area (Å²) in [6.07, 6.45) is -2.01. The highest BCUT2D eigenvalue weighted by Gasteiger charge is 2.22. The van der Waals surface area contributed by atoms with Crippen molar-refractivity contribution in [3.05, 3.63) is 33.1 Å². The first-order valence-electron chi connectivity index (χ1n) is 3.86. The first-order chi connectivity index (χ1) is 6.99. The summed E-state index contributed by atoms with van der Waals surface area (Å²) < 4.78 is 24.7. The van der Waals surface area contributed by atoms with Gasteiger partial charge in [-0.05, 0) is 12.5 Å². The molecular weight excluding hydrogens is 210 g/mol. The molecule has 0 aliphatic heterocycles. The molecule has 0 aliphatic carbocycles. The minimum absolute atomic E-state index is 0.158. The van der Waals surface area contributed by atoms with Crippen molar-refractivity contribution in [2.24, 2.45) is 0 Å². The van der Waals surface area contributed by atoms with Gasteiger partial charge in [-0.25, -0.2) is 13.8 Å². The number of carbonyl (C=O) groups is 1. The second kappa shape index (κ2) is 4.07. The van der Waals surface area contributed by atoms with Crippen LogP contribution in [0.25, 0.3) is 0 Å². The van der Waals surface area contributed by atoms with Crippen LogP contribution in [0.1, 0.15) is 28.0 Å². The van der Waals surface area contributed by atoms with E-state index in [-0.39, 0.29) is 17.4 Å². The molecule has 0 fully saturated rings. The number of aldehydes is 1. The van der Waals surface area contributed by atoms with Crippen molar-refractivity contribution in [3.8, 4) is 0 Å². The van der Waals surface area contributed by atoms with Gasteiger partial charge < -0.3 is 0 Å². The summed E-state index contributed by atoms with van der Waals surface area (Å²) in [7, 11) is 0. The fourth-order valence-corrected chi connectivity index (χ4v) is 1.14. The Hall–Kier alpha value is -1.92. The minimum atomic E-state index is -2.86. The molecule has 1 aromatic rings. The van der Waals surface area contributed by atoms with Crippen molar-refractivity contribution < 1.29 is 18.5 Å². The lowest BCUT2D eigenvalue weighted by Gasteiger charge is -2.05. The summed E-state index contributed by atoms with van der Waals surface area (Å²) in [5, 5.41) is 10.4. The number of hydrogen-bond acceptors (Lipinski definition) is 4. The first kappa shape index (κ1) is 11.2. The molecule has 5 nitrogen and oxygen atoms in total. The van der Waals surface area contributed by atoms with Crippen LogP contribution in [0.4, 0.5) is 14.5 Å². The number of aromatic nitrogens is 1. The monoisotopic (exact) mass is 216 g/mol. The highest BCUT2D eigenvalue weighted by molar-refractivity contribution is 5.83. The number of rotatable bonds is 3. The molecule has 0 unspecified atom stereocenters. The minimum Gasteiger partial charge on any atom is -0.298 e. The van der Waals surface area contributed by atoms with Gasteiger partial charge in [0.25, 0.3) is 12.1 Å². The van der Waals surface area contributed by atoms with E-state index in [1.807, 2.05) is 0 Å². The molecule has 0 saturated heterocycles. The van der Waals surface area contributed by atoms with E-state index in [2.05, 4.69) is 4.98 Å². The maximum Gasteiger partial charge on any atom is 0.298 e. The molecule has 0 spiro atoms. The van der Waals surface area contributed by atoms with Gasteiger partial charge in [0.15, 0.2) is 6.29 Å². The fraction of sp³-hybridized carbons (Fsp3) is 0.250. The second-order valence-corrected chi connectivity index (χ2v) is 2.74. The molecular formula is C8H6F2N2O3. The lowest BCUT2D eigenvalue weighted by atomic mass is 10.1. The Kier molecular flexibility index (Phi) is 3.03. The summed E-state index contributed by atoms with van der Waals surface area (Å²) in [5.41, 5.74) is -1.69. The van der Waals surface area contributed by atoms with Gasteiger partial charge in [0.1, 0.15) is 11.9 Å². The third kappa shape index (κ3) is 1.95. The van der Waals surface area contributed by atoms with Crippen LogP contribution in [0.15, 0.2) is 6.20 Å². The lowest BCUT2D eigenvalue weighted by molar-refractivity contribution is -0.385. The average Bonchev–Trinajstić information content (AvgIpc) is 2.16. The van der Waals surface area contributed by atoms with E-state index >= 15 is 0 Å². The fourth-order valence-electron chi connectivity index (χ4n) is 1.14. The Morgan fingerprint density at radius 3 is 2.60 bits per heavy atom. The molecule has 0 bridgehead atoms. The van der Waals surface area contributed by atoms with E-state index in [0.29, 0.717) is 6.20 Å². The first-order valence-corrected chi connectivity index (χ1v) is 3.86. The highest BCUT2D eigenvalue weighted by atomic mass is 19.3. The van der Waals surface area contributed by atoms with Crippen LogP contribution >= 0.6 is 0 Å². The lowest BCUT2D eigenvalue weighted by Crippen LogP contribution is -2.03. The van der Waals surface area contributed by atoms with Crippen molar-refractivity contribution in [2.75, 3.05) is 0 Å². The number of nitro groups is 1. The molecule has 0 aromatic carbocycles. The predicted octanol–water partition coefficient (Wildman–Crippen LogP) is 2.05. The number of alkyl halides is 2. The molecule has 80 valence electrons. The van der Waals surface area contributed by atoms with Crippen molar-refractivity contribution in [1.82, 2.24) is 4.98 Å². The van der Waals surface area contributed by atoms with Gasteiger partial charge in [-0.1, -0.05) is 0 Å². The zero-order valence-electron chi connectivity index (χ0n) is 7.61. The predicted molar refractivity (Wildman–Crippen MR) is 46.0 cm³/mol. The third-order valence-electron chi connectivity index (χ3n) is 1.91. The standard InChI is InChI=1S/C8H6F2N2O3/c1-4-5(3-13)6(12(14)15)2-11-7(4)8(9)10/h2-3,8H,1H3. The largest absolute Gasteiger partial charge is 0.298 e. The Morgan fingerprint density at radius 2 is 2.20 bits per heavy atom. The van der Waals surface area contributed by atoms with Crippen molar-refractivity contribution in [3.63, 3.8) is 0 Å². The summed E-state index contributed by atoms with van der Waals surface area (Å²) in [5.74, 6) is 0. The summed E-state index contributed by atoms with van der Waals surface area (Å²) in [6.45, 7) is 1.20. The molecule has 0 radical (unpaired) electrons. The van der Waals surface area contributed by atoms with E-state index in [1.54, 1.807) is 0 Å². The molecule has 7 heteroatoms. The second-order valence-electron chi connectivity index (χ2n) is 2.74. The Labute approximate surface area is 82.9 Å². The van der Waals surface area contributed by atoms with Gasteiger partial charge in [-0.3, -0.25) is 14.9 Å². The molecule has 0 amide bonds. The van der Waals surface area contributed by atoms with E-state index < -0.39 is 22.7 Å². The summed E-state index contributed by atoms with van der Waals surface area (Å²) >= 11 is 0. The van der Waals surface area contributed by atoms with Crippen LogP contribution in [0.5, 0.6) is 0 Å². The molecule has 1 rings (SSSR count). The number of hydrogen-bond donors (Lipinski definition) is 0. The highest BCUT2D eigenvalue weighted by Crippen LogP contribution is 2.27. The molecule has 0 aliphatic rings. The maximum absolute atomic E-state index is 12.3. The molecule has 0 saturated carbocycles. The number of nitrogens with zero attached hydrogens (tertiary/aromatic N) is 2. The van der Waals surface area contributed by atoms with Crippen LogP contribution < -0.4 is 0 Å². The molecule has 0 atom stereocenters. The van der Waals surface area contributed by atoms with Gasteiger partial charge in [-0.2, -0.15) is 0 Å². The van der Waals surface area contributed by atoms with Gasteiger partial charge in [-0.15, -0.1) is 0 Å². The normalized spacial score (nSPS) is 10.4. The van der Waals surface area contributed by atoms with E-state index in [0.717, 1.165) is 0 Å². The average molecular weight is 216 g/mol. The van der Waals surface area contributed by atoms with Crippen molar-refractivity contribution >= 4 is 12.0 Å². The van der Waals surface area contributed by atoms with Crippen LogP contribution in [0.3, 0.4) is 0 Å². The zero-order valence-corrected chi connectivity index (χ0v) is 7.61. The van der Waals surface area contributed by atoms with E-state index in [1.165, 1.54) is 6.92 Å². The SMILES string of the molecule is Cc1c(C(F)F)ncc([N+](=O)[O-])c1C=O. The number of carbonyl (C=O) groups excluding carboxylic acids is 1. The molecule has 15 heavy (non-hydrogen) atoms. The summed E-state index contributed by atoms with van der Waals surface area (Å²) in [6, 6.07) is 0. The van der Waals surface area contributed by atoms with Gasteiger partial charge in [0.05, 0.1) is 10.5 Å². The van der Waals surface area contributed by atoms with Crippen LogP contribution in [0, 0.1) is 17.0 Å². The topological polar surface area (TPSA) is 73.1 Å². The quantitative estimate of drug-likeness (QED) is 0.440. The zero-order chi connectivity index (χ0) is 11.6. The third-order valence-corrected chi connectivity index (χ3v) is 1.91. The van der Waals surface area contributed by atoms with Crippen molar-refractivity contribution in [2.45, 2.75) is 13.3 Å². The van der Waals surface area contributed by atoms with Crippen molar-refractivity contribution in [1.29, 1.82) is 0 Å². The van der Waals surface area contributed by atoms with Crippen LogP contribution in [0.2, 0.25) is 0 Å². The van der Waals surface area contributed by atoms with E-state index in [9.17, 15) is 23.7 Å². The number of pyridine rings is 1. The van der Waals surface area contributed by atoms with Crippen LogP contribution in [-0.2, 0) is 0 Å². The number of halogens is 2. The van der Waals surface area contributed by atoms with Gasteiger partial charge in [0.2, 0.25) is 0 Å². The smallest absolute Gasteiger partial charge is 0.298 e. The van der Waals surface area contributed by atoms with Gasteiger partial charge >= 0.3 is 0 Å². The van der Waals surface area contributed by atoms with Crippen LogP contribution in [-0.4, -0.2) is 16.2 Å². The Bertz CT molecular complexity index is 421. The Balaban J connectivity index is 3.45. The molecule has 1 aromatic heterocycles. The maximum atomic E-state index is 12.3. The van der Waals surface area contributed by atoms with Gasteiger partial charge in [0, 0.05) is 0 Å².